The van der Waals surface area contributed by atoms with Crippen molar-refractivity contribution in [1.29, 1.82) is 0 Å². The largest absolute Gasteiger partial charge is 0.352 e. The molecule has 0 aliphatic rings. The maximum atomic E-state index is 13.5. The Morgan fingerprint density at radius 1 is 1.00 bits per heavy atom. The third-order valence-corrected chi connectivity index (χ3v) is 7.45. The molecule has 11 heteroatoms. The summed E-state index contributed by atoms with van der Waals surface area (Å²) >= 11 is 18.6. The molecule has 2 atom stereocenters. The minimum Gasteiger partial charge on any atom is -0.352 e. The van der Waals surface area contributed by atoms with Crippen LogP contribution in [0.1, 0.15) is 32.8 Å². The van der Waals surface area contributed by atoms with Crippen LogP contribution in [-0.2, 0) is 26.2 Å². The molecule has 7 nitrogen and oxygen atoms in total. The Hall–Kier alpha value is -2.00. The lowest BCUT2D eigenvalue weighted by atomic mass is 10.1. The molecule has 2 amide bonds. The SMILES string of the molecule is CC[C@H](C)NC(=O)[C@H](C)N(Cc1c(Cl)cccc1Cl)C(=O)CN(c1ccc(Cl)cc1)S(C)(=O)=O. The summed E-state index contributed by atoms with van der Waals surface area (Å²) in [4.78, 5) is 27.7. The van der Waals surface area contributed by atoms with Crippen LogP contribution in [0.3, 0.4) is 0 Å². The number of rotatable bonds is 10. The fourth-order valence-electron chi connectivity index (χ4n) is 3.12. The predicted octanol–water partition coefficient (Wildman–Crippen LogP) is 4.74. The molecule has 0 saturated carbocycles. The zero-order valence-corrected chi connectivity index (χ0v) is 22.5. The Morgan fingerprint density at radius 2 is 1.56 bits per heavy atom. The minimum atomic E-state index is -3.83. The number of hydrogen-bond acceptors (Lipinski definition) is 4. The number of amides is 2. The maximum Gasteiger partial charge on any atom is 0.244 e. The average molecular weight is 549 g/mol. The first-order valence-electron chi connectivity index (χ1n) is 10.6. The van der Waals surface area contributed by atoms with Crippen LogP contribution in [0.4, 0.5) is 5.69 Å². The summed E-state index contributed by atoms with van der Waals surface area (Å²) < 4.78 is 26.0. The number of carbonyl (C=O) groups excluding carboxylic acids is 2. The fraction of sp³-hybridized carbons (Fsp3) is 0.391. The number of nitrogens with one attached hydrogen (secondary N) is 1. The van der Waals surface area contributed by atoms with Gasteiger partial charge in [0, 0.05) is 33.2 Å². The van der Waals surface area contributed by atoms with Gasteiger partial charge in [0.15, 0.2) is 0 Å². The van der Waals surface area contributed by atoms with E-state index >= 15 is 0 Å². The third kappa shape index (κ3) is 7.50. The van der Waals surface area contributed by atoms with Crippen molar-refractivity contribution >= 4 is 62.3 Å². The molecule has 0 aliphatic carbocycles. The summed E-state index contributed by atoms with van der Waals surface area (Å²) in [6.45, 7) is 4.76. The quantitative estimate of drug-likeness (QED) is 0.464. The van der Waals surface area contributed by atoms with Crippen molar-refractivity contribution in [1.82, 2.24) is 10.2 Å². The second-order valence-electron chi connectivity index (χ2n) is 7.96. The van der Waals surface area contributed by atoms with E-state index in [0.717, 1.165) is 10.6 Å². The molecule has 34 heavy (non-hydrogen) atoms. The molecule has 0 heterocycles. The summed E-state index contributed by atoms with van der Waals surface area (Å²) in [5, 5.41) is 3.94. The Kier molecular flexibility index (Phi) is 10.1. The van der Waals surface area contributed by atoms with Crippen LogP contribution >= 0.6 is 34.8 Å². The predicted molar refractivity (Wildman–Crippen MR) is 138 cm³/mol. The molecule has 2 aromatic rings. The lowest BCUT2D eigenvalue weighted by Gasteiger charge is -2.32. The van der Waals surface area contributed by atoms with Gasteiger partial charge in [0.05, 0.1) is 11.9 Å². The van der Waals surface area contributed by atoms with E-state index in [1.165, 1.54) is 29.2 Å². The highest BCUT2D eigenvalue weighted by Crippen LogP contribution is 2.27. The first kappa shape index (κ1) is 28.2. The molecule has 2 aromatic carbocycles. The van der Waals surface area contributed by atoms with Crippen LogP contribution in [0, 0.1) is 0 Å². The average Bonchev–Trinajstić information content (AvgIpc) is 2.76. The molecule has 0 radical (unpaired) electrons. The van der Waals surface area contributed by atoms with Gasteiger partial charge in [0.2, 0.25) is 21.8 Å². The Balaban J connectivity index is 2.43. The molecule has 2 rings (SSSR count). The van der Waals surface area contributed by atoms with Gasteiger partial charge in [0.25, 0.3) is 0 Å². The van der Waals surface area contributed by atoms with E-state index in [4.69, 9.17) is 34.8 Å². The number of nitrogens with zero attached hydrogens (tertiary/aromatic N) is 2. The molecule has 186 valence electrons. The van der Waals surface area contributed by atoms with E-state index in [9.17, 15) is 18.0 Å². The first-order valence-corrected chi connectivity index (χ1v) is 13.6. The van der Waals surface area contributed by atoms with Gasteiger partial charge >= 0.3 is 0 Å². The molecule has 0 spiro atoms. The van der Waals surface area contributed by atoms with Crippen molar-refractivity contribution in [3.8, 4) is 0 Å². The van der Waals surface area contributed by atoms with Crippen LogP contribution < -0.4 is 9.62 Å². The molecular weight excluding hydrogens is 521 g/mol. The van der Waals surface area contributed by atoms with E-state index in [1.807, 2.05) is 13.8 Å². The van der Waals surface area contributed by atoms with E-state index in [2.05, 4.69) is 5.32 Å². The summed E-state index contributed by atoms with van der Waals surface area (Å²) in [6.07, 6.45) is 1.71. The molecule has 0 aliphatic heterocycles. The molecule has 1 N–H and O–H groups in total. The number of halogens is 3. The summed E-state index contributed by atoms with van der Waals surface area (Å²) in [5.41, 5.74) is 0.729. The van der Waals surface area contributed by atoms with Gasteiger partial charge < -0.3 is 10.2 Å². The molecule has 0 saturated heterocycles. The smallest absolute Gasteiger partial charge is 0.244 e. The Morgan fingerprint density at radius 3 is 2.06 bits per heavy atom. The van der Waals surface area contributed by atoms with Crippen molar-refractivity contribution in [2.24, 2.45) is 0 Å². The number of anilines is 1. The second-order valence-corrected chi connectivity index (χ2v) is 11.1. The van der Waals surface area contributed by atoms with Crippen molar-refractivity contribution in [3.63, 3.8) is 0 Å². The number of benzene rings is 2. The van der Waals surface area contributed by atoms with Gasteiger partial charge in [-0.15, -0.1) is 0 Å². The van der Waals surface area contributed by atoms with E-state index < -0.39 is 28.5 Å². The van der Waals surface area contributed by atoms with Crippen LogP contribution in [0.2, 0.25) is 15.1 Å². The van der Waals surface area contributed by atoms with Crippen molar-refractivity contribution < 1.29 is 18.0 Å². The minimum absolute atomic E-state index is 0.0787. The van der Waals surface area contributed by atoms with E-state index in [0.29, 0.717) is 27.1 Å². The first-order chi connectivity index (χ1) is 15.8. The van der Waals surface area contributed by atoms with Crippen LogP contribution in [0.25, 0.3) is 0 Å². The zero-order valence-electron chi connectivity index (χ0n) is 19.4. The van der Waals surface area contributed by atoms with Gasteiger partial charge in [-0.3, -0.25) is 13.9 Å². The van der Waals surface area contributed by atoms with Crippen LogP contribution in [0.15, 0.2) is 42.5 Å². The number of sulfonamides is 1. The van der Waals surface area contributed by atoms with Crippen molar-refractivity contribution in [2.75, 3.05) is 17.1 Å². The van der Waals surface area contributed by atoms with Gasteiger partial charge in [-0.25, -0.2) is 8.42 Å². The van der Waals surface area contributed by atoms with Crippen LogP contribution in [-0.4, -0.2) is 50.0 Å². The summed E-state index contributed by atoms with van der Waals surface area (Å²) in [7, 11) is -3.83. The highest BCUT2D eigenvalue weighted by Gasteiger charge is 2.31. The second kappa shape index (κ2) is 12.1. The van der Waals surface area contributed by atoms with Gasteiger partial charge in [-0.1, -0.05) is 47.8 Å². The maximum absolute atomic E-state index is 13.5. The summed E-state index contributed by atoms with van der Waals surface area (Å²) in [6, 6.07) is 9.99. The van der Waals surface area contributed by atoms with E-state index in [-0.39, 0.29) is 24.2 Å². The normalized spacial score (nSPS) is 13.1. The van der Waals surface area contributed by atoms with Crippen molar-refractivity contribution in [3.05, 3.63) is 63.1 Å². The van der Waals surface area contributed by atoms with Gasteiger partial charge in [-0.2, -0.15) is 0 Å². The monoisotopic (exact) mass is 547 g/mol. The highest BCUT2D eigenvalue weighted by atomic mass is 35.5. The zero-order chi connectivity index (χ0) is 25.6. The molecule has 0 bridgehead atoms. The lowest BCUT2D eigenvalue weighted by Crippen LogP contribution is -2.52. The van der Waals surface area contributed by atoms with E-state index in [1.54, 1.807) is 25.1 Å². The topological polar surface area (TPSA) is 86.8 Å². The van der Waals surface area contributed by atoms with Crippen LogP contribution in [0.5, 0.6) is 0 Å². The van der Waals surface area contributed by atoms with Crippen molar-refractivity contribution in [2.45, 2.75) is 45.8 Å². The standard InChI is InChI=1S/C23H28Cl3N3O4S/c1-5-15(2)27-23(31)16(3)28(13-19-20(25)7-6-8-21(19)26)22(30)14-29(34(4,32)33)18-11-9-17(24)10-12-18/h6-12,15-16H,5,13-14H2,1-4H3,(H,27,31)/t15-,16-/m0/s1. The molecule has 0 unspecified atom stereocenters. The molecular formula is C23H28Cl3N3O4S. The fourth-order valence-corrected chi connectivity index (χ4v) is 4.62. The Bertz CT molecular complexity index is 1110. The molecule has 0 aromatic heterocycles. The highest BCUT2D eigenvalue weighted by molar-refractivity contribution is 7.92. The summed E-state index contributed by atoms with van der Waals surface area (Å²) in [5.74, 6) is -0.966. The number of hydrogen-bond donors (Lipinski definition) is 1. The van der Waals surface area contributed by atoms with Gasteiger partial charge in [0.1, 0.15) is 12.6 Å². The Labute approximate surface area is 216 Å². The lowest BCUT2D eigenvalue weighted by molar-refractivity contribution is -0.139. The van der Waals surface area contributed by atoms with Gasteiger partial charge in [-0.05, 0) is 56.7 Å². The molecule has 0 fully saturated rings. The third-order valence-electron chi connectivity index (χ3n) is 5.35. The number of carbonyl (C=O) groups is 2.